The summed E-state index contributed by atoms with van der Waals surface area (Å²) in [6, 6.07) is 0. The Hall–Kier alpha value is -1.05. The van der Waals surface area contributed by atoms with Crippen LogP contribution in [-0.2, 0) is 0 Å². The fraction of sp³-hybridized carbons (Fsp3) is 0.545. The number of unbranched alkanes of at least 4 members (excludes halogenated alkanes) is 3. The minimum atomic E-state index is 0.860. The van der Waals surface area contributed by atoms with Crippen molar-refractivity contribution in [3.8, 4) is 0 Å². The van der Waals surface area contributed by atoms with E-state index in [1.165, 1.54) is 25.7 Å². The van der Waals surface area contributed by atoms with Crippen LogP contribution in [0.2, 0.25) is 0 Å². The van der Waals surface area contributed by atoms with E-state index in [0.29, 0.717) is 0 Å². The Morgan fingerprint density at radius 2 is 2.15 bits per heavy atom. The number of hydrogen-bond acceptors (Lipinski definition) is 1. The van der Waals surface area contributed by atoms with E-state index in [-0.39, 0.29) is 0 Å². The Labute approximate surface area is 80.4 Å². The second-order valence-electron chi connectivity index (χ2n) is 3.13. The highest BCUT2D eigenvalue weighted by atomic mass is 15.0. The molecule has 0 saturated heterocycles. The molecular formula is C11H17N2. The van der Waals surface area contributed by atoms with Crippen molar-refractivity contribution in [2.45, 2.75) is 32.6 Å². The molecule has 0 spiro atoms. The summed E-state index contributed by atoms with van der Waals surface area (Å²) < 4.78 is 0. The summed E-state index contributed by atoms with van der Waals surface area (Å²) >= 11 is 0. The van der Waals surface area contributed by atoms with Gasteiger partial charge in [-0.25, -0.2) is 5.32 Å². The van der Waals surface area contributed by atoms with Gasteiger partial charge in [0.15, 0.2) is 0 Å². The number of aliphatic imine (C=N–C) groups is 1. The molecule has 0 amide bonds. The van der Waals surface area contributed by atoms with Crippen molar-refractivity contribution in [2.75, 3.05) is 6.54 Å². The standard InChI is InChI=1S/C11H17N2/c1-2-3-4-6-9-12-11-8-5-7-10-13-11/h5,7-8,10H,2-4,6,9H2,1H3. The van der Waals surface area contributed by atoms with Crippen molar-refractivity contribution in [1.82, 2.24) is 5.32 Å². The first-order chi connectivity index (χ1) is 6.43. The van der Waals surface area contributed by atoms with Gasteiger partial charge in [0.2, 0.25) is 0 Å². The Bertz CT molecular complexity index is 214. The van der Waals surface area contributed by atoms with Crippen LogP contribution in [0.25, 0.3) is 0 Å². The fourth-order valence-corrected chi connectivity index (χ4v) is 1.18. The predicted octanol–water partition coefficient (Wildman–Crippen LogP) is 2.65. The largest absolute Gasteiger partial charge is 0.267 e. The van der Waals surface area contributed by atoms with E-state index in [1.54, 1.807) is 6.20 Å². The topological polar surface area (TPSA) is 26.5 Å². The van der Waals surface area contributed by atoms with Crippen LogP contribution in [0.15, 0.2) is 29.4 Å². The molecule has 2 heteroatoms. The molecule has 0 aromatic heterocycles. The SMILES string of the molecule is CCCCCCN=C1C=CC=C[N]1. The number of amidine groups is 1. The Morgan fingerprint density at radius 1 is 1.23 bits per heavy atom. The van der Waals surface area contributed by atoms with Crippen molar-refractivity contribution < 1.29 is 0 Å². The van der Waals surface area contributed by atoms with E-state index < -0.39 is 0 Å². The van der Waals surface area contributed by atoms with Gasteiger partial charge in [-0.2, -0.15) is 0 Å². The smallest absolute Gasteiger partial charge is 0.147 e. The van der Waals surface area contributed by atoms with Crippen molar-refractivity contribution in [3.63, 3.8) is 0 Å². The number of allylic oxidation sites excluding steroid dienone is 2. The van der Waals surface area contributed by atoms with Crippen molar-refractivity contribution in [1.29, 1.82) is 0 Å². The van der Waals surface area contributed by atoms with Crippen LogP contribution in [0.3, 0.4) is 0 Å². The predicted molar refractivity (Wildman–Crippen MR) is 56.9 cm³/mol. The van der Waals surface area contributed by atoms with E-state index in [4.69, 9.17) is 0 Å². The van der Waals surface area contributed by atoms with Gasteiger partial charge >= 0.3 is 0 Å². The molecule has 0 fully saturated rings. The summed E-state index contributed by atoms with van der Waals surface area (Å²) in [5.74, 6) is 0.860. The van der Waals surface area contributed by atoms with Gasteiger partial charge in [-0.3, -0.25) is 4.99 Å². The van der Waals surface area contributed by atoms with Gasteiger partial charge < -0.3 is 0 Å². The quantitative estimate of drug-likeness (QED) is 0.577. The Kier molecular flexibility index (Phi) is 4.99. The van der Waals surface area contributed by atoms with Gasteiger partial charge in [-0.1, -0.05) is 32.3 Å². The molecule has 71 valence electrons. The molecule has 0 aliphatic carbocycles. The maximum absolute atomic E-state index is 4.37. The van der Waals surface area contributed by atoms with Crippen LogP contribution >= 0.6 is 0 Å². The first kappa shape index (κ1) is 10.0. The fourth-order valence-electron chi connectivity index (χ4n) is 1.18. The van der Waals surface area contributed by atoms with Gasteiger partial charge in [-0.05, 0) is 18.6 Å². The molecule has 1 aliphatic rings. The lowest BCUT2D eigenvalue weighted by Crippen LogP contribution is -2.09. The summed E-state index contributed by atoms with van der Waals surface area (Å²) in [6.45, 7) is 3.13. The molecule has 0 aromatic carbocycles. The van der Waals surface area contributed by atoms with Crippen LogP contribution in [0.4, 0.5) is 0 Å². The Balaban J connectivity index is 2.10. The van der Waals surface area contributed by atoms with Crippen LogP contribution in [0.5, 0.6) is 0 Å². The molecule has 0 unspecified atom stereocenters. The lowest BCUT2D eigenvalue weighted by atomic mass is 10.2. The minimum absolute atomic E-state index is 0.860. The molecule has 1 heterocycles. The monoisotopic (exact) mass is 177 g/mol. The van der Waals surface area contributed by atoms with E-state index in [2.05, 4.69) is 17.2 Å². The molecule has 13 heavy (non-hydrogen) atoms. The highest BCUT2D eigenvalue weighted by Gasteiger charge is 1.94. The van der Waals surface area contributed by atoms with E-state index in [1.807, 2.05) is 18.2 Å². The summed E-state index contributed by atoms with van der Waals surface area (Å²) in [4.78, 5) is 4.37. The highest BCUT2D eigenvalue weighted by Crippen LogP contribution is 1.99. The summed E-state index contributed by atoms with van der Waals surface area (Å²) in [6.07, 6.45) is 12.7. The molecule has 0 aromatic rings. The molecule has 1 radical (unpaired) electrons. The van der Waals surface area contributed by atoms with Gasteiger partial charge in [0.1, 0.15) is 5.84 Å². The Morgan fingerprint density at radius 3 is 2.85 bits per heavy atom. The second kappa shape index (κ2) is 6.46. The number of rotatable bonds is 5. The first-order valence-corrected chi connectivity index (χ1v) is 5.02. The van der Waals surface area contributed by atoms with E-state index >= 15 is 0 Å². The molecular weight excluding hydrogens is 160 g/mol. The van der Waals surface area contributed by atoms with Crippen molar-refractivity contribution in [3.05, 3.63) is 24.4 Å². The zero-order valence-electron chi connectivity index (χ0n) is 8.24. The van der Waals surface area contributed by atoms with Gasteiger partial charge in [0.25, 0.3) is 0 Å². The first-order valence-electron chi connectivity index (χ1n) is 5.02. The van der Waals surface area contributed by atoms with Gasteiger partial charge in [0, 0.05) is 12.7 Å². The second-order valence-corrected chi connectivity index (χ2v) is 3.13. The van der Waals surface area contributed by atoms with E-state index in [0.717, 1.165) is 12.4 Å². The third-order valence-electron chi connectivity index (χ3n) is 1.93. The number of hydrogen-bond donors (Lipinski definition) is 0. The third kappa shape index (κ3) is 4.51. The highest BCUT2D eigenvalue weighted by molar-refractivity contribution is 5.94. The molecule has 0 atom stereocenters. The molecule has 0 N–H and O–H groups in total. The van der Waals surface area contributed by atoms with Gasteiger partial charge in [-0.15, -0.1) is 0 Å². The third-order valence-corrected chi connectivity index (χ3v) is 1.93. The van der Waals surface area contributed by atoms with Crippen molar-refractivity contribution >= 4 is 5.84 Å². The molecule has 1 aliphatic heterocycles. The average Bonchev–Trinajstić information content (AvgIpc) is 2.19. The lowest BCUT2D eigenvalue weighted by Gasteiger charge is -2.01. The minimum Gasteiger partial charge on any atom is -0.267 e. The molecule has 1 rings (SSSR count). The maximum atomic E-state index is 4.37. The zero-order chi connectivity index (χ0) is 9.36. The van der Waals surface area contributed by atoms with Crippen LogP contribution in [-0.4, -0.2) is 12.4 Å². The lowest BCUT2D eigenvalue weighted by molar-refractivity contribution is 0.674. The zero-order valence-corrected chi connectivity index (χ0v) is 8.24. The summed E-state index contributed by atoms with van der Waals surface area (Å²) in [5, 5.41) is 4.13. The van der Waals surface area contributed by atoms with Crippen molar-refractivity contribution in [2.24, 2.45) is 4.99 Å². The summed E-state index contributed by atoms with van der Waals surface area (Å²) in [5.41, 5.74) is 0. The van der Waals surface area contributed by atoms with Crippen LogP contribution < -0.4 is 5.32 Å². The van der Waals surface area contributed by atoms with Crippen LogP contribution in [0.1, 0.15) is 32.6 Å². The molecule has 2 nitrogen and oxygen atoms in total. The summed E-state index contributed by atoms with van der Waals surface area (Å²) in [7, 11) is 0. The van der Waals surface area contributed by atoms with E-state index in [9.17, 15) is 0 Å². The normalized spacial score (nSPS) is 17.8. The molecule has 0 saturated carbocycles. The maximum Gasteiger partial charge on any atom is 0.147 e. The van der Waals surface area contributed by atoms with Crippen LogP contribution in [0, 0.1) is 0 Å². The average molecular weight is 177 g/mol. The van der Waals surface area contributed by atoms with Gasteiger partial charge in [0.05, 0.1) is 0 Å². The number of nitrogens with zero attached hydrogens (tertiary/aromatic N) is 2. The molecule has 0 bridgehead atoms.